The lowest BCUT2D eigenvalue weighted by Crippen LogP contribution is -2.46. The van der Waals surface area contributed by atoms with Gasteiger partial charge in [0.15, 0.2) is 5.16 Å². The number of benzene rings is 1. The summed E-state index contributed by atoms with van der Waals surface area (Å²) in [5.41, 5.74) is 1.16. The molecule has 1 saturated heterocycles. The number of nitrogens with zero attached hydrogens (tertiary/aromatic N) is 4. The number of anilines is 2. The highest BCUT2D eigenvalue weighted by molar-refractivity contribution is 7.99. The first-order valence-electron chi connectivity index (χ1n) is 10.0. The highest BCUT2D eigenvalue weighted by Crippen LogP contribution is 2.25. The number of hydrogen-bond donors (Lipinski definition) is 1. The van der Waals surface area contributed by atoms with E-state index in [4.69, 9.17) is 23.2 Å². The van der Waals surface area contributed by atoms with Crippen LogP contribution in [-0.4, -0.2) is 53.8 Å². The second-order valence-corrected chi connectivity index (χ2v) is 9.44. The van der Waals surface area contributed by atoms with E-state index in [1.54, 1.807) is 6.07 Å². The van der Waals surface area contributed by atoms with Gasteiger partial charge in [-0.15, -0.1) is 0 Å². The van der Waals surface area contributed by atoms with Gasteiger partial charge >= 0.3 is 0 Å². The Morgan fingerprint density at radius 3 is 2.33 bits per heavy atom. The third kappa shape index (κ3) is 6.40. The molecule has 9 heteroatoms. The van der Waals surface area contributed by atoms with Crippen LogP contribution in [0.25, 0.3) is 0 Å². The van der Waals surface area contributed by atoms with Crippen LogP contribution in [0.15, 0.2) is 35.5 Å². The maximum atomic E-state index is 12.1. The largest absolute Gasteiger partial charge is 0.368 e. The van der Waals surface area contributed by atoms with E-state index in [0.717, 1.165) is 42.7 Å². The molecule has 30 heavy (non-hydrogen) atoms. The Morgan fingerprint density at radius 1 is 1.07 bits per heavy atom. The highest BCUT2D eigenvalue weighted by Gasteiger charge is 2.20. The van der Waals surface area contributed by atoms with Crippen molar-refractivity contribution < 1.29 is 4.79 Å². The zero-order valence-corrected chi connectivity index (χ0v) is 19.8. The molecule has 1 amide bonds. The van der Waals surface area contributed by atoms with Crippen molar-refractivity contribution in [2.24, 2.45) is 5.92 Å². The number of thioether (sulfide) groups is 1. The number of piperazine rings is 1. The molecule has 1 aromatic carbocycles. The Hall–Kier alpha value is -1.70. The first-order valence-corrected chi connectivity index (χ1v) is 11.8. The molecule has 0 spiro atoms. The monoisotopic (exact) mass is 467 g/mol. The fourth-order valence-electron chi connectivity index (χ4n) is 3.05. The van der Waals surface area contributed by atoms with E-state index in [-0.39, 0.29) is 17.7 Å². The van der Waals surface area contributed by atoms with Crippen LogP contribution in [0.4, 0.5) is 11.5 Å². The summed E-state index contributed by atoms with van der Waals surface area (Å²) in [5.74, 6) is 1.42. The lowest BCUT2D eigenvalue weighted by atomic mass is 10.1. The van der Waals surface area contributed by atoms with Gasteiger partial charge in [-0.05, 0) is 37.1 Å². The van der Waals surface area contributed by atoms with Gasteiger partial charge in [0.2, 0.25) is 5.91 Å². The van der Waals surface area contributed by atoms with Crippen molar-refractivity contribution >= 4 is 52.4 Å². The molecule has 6 nitrogen and oxygen atoms in total. The number of amides is 1. The SMILES string of the molecule is CC(C)C(C)NC(=O)CSc1nc(Cl)cc(N2CCN(c3ccc(Cl)cc3)CC2)n1. The number of hydrogen-bond acceptors (Lipinski definition) is 6. The number of carbonyl (C=O) groups is 1. The normalized spacial score (nSPS) is 15.4. The quantitative estimate of drug-likeness (QED) is 0.370. The predicted octanol–water partition coefficient (Wildman–Crippen LogP) is 4.36. The topological polar surface area (TPSA) is 61.4 Å². The number of nitrogens with one attached hydrogen (secondary N) is 1. The molecular weight excluding hydrogens is 441 g/mol. The molecule has 0 aliphatic carbocycles. The van der Waals surface area contributed by atoms with Crippen LogP contribution in [0, 0.1) is 5.92 Å². The molecule has 3 rings (SSSR count). The molecule has 162 valence electrons. The van der Waals surface area contributed by atoms with E-state index in [9.17, 15) is 4.79 Å². The summed E-state index contributed by atoms with van der Waals surface area (Å²) in [6.45, 7) is 9.57. The van der Waals surface area contributed by atoms with E-state index in [1.807, 2.05) is 31.2 Å². The molecule has 2 heterocycles. The van der Waals surface area contributed by atoms with E-state index in [2.05, 4.69) is 38.9 Å². The van der Waals surface area contributed by atoms with Crippen molar-refractivity contribution in [3.8, 4) is 0 Å². The van der Waals surface area contributed by atoms with Crippen LogP contribution in [-0.2, 0) is 4.79 Å². The average molecular weight is 468 g/mol. The minimum Gasteiger partial charge on any atom is -0.368 e. The van der Waals surface area contributed by atoms with E-state index in [1.165, 1.54) is 11.8 Å². The van der Waals surface area contributed by atoms with Gasteiger partial charge in [0.05, 0.1) is 5.75 Å². The smallest absolute Gasteiger partial charge is 0.230 e. The predicted molar refractivity (Wildman–Crippen MR) is 126 cm³/mol. The number of carbonyl (C=O) groups excluding carboxylic acids is 1. The molecule has 0 bridgehead atoms. The Bertz CT molecular complexity index is 857. The number of rotatable bonds is 7. The molecule has 1 aromatic heterocycles. The fraction of sp³-hybridized carbons (Fsp3) is 0.476. The summed E-state index contributed by atoms with van der Waals surface area (Å²) in [6, 6.07) is 9.82. The van der Waals surface area contributed by atoms with Crippen LogP contribution in [0.1, 0.15) is 20.8 Å². The van der Waals surface area contributed by atoms with Gasteiger partial charge in [0.25, 0.3) is 0 Å². The third-order valence-electron chi connectivity index (χ3n) is 5.18. The van der Waals surface area contributed by atoms with Crippen molar-refractivity contribution in [1.29, 1.82) is 0 Å². The van der Waals surface area contributed by atoms with Gasteiger partial charge in [-0.3, -0.25) is 4.79 Å². The van der Waals surface area contributed by atoms with Gasteiger partial charge < -0.3 is 15.1 Å². The maximum Gasteiger partial charge on any atom is 0.230 e. The van der Waals surface area contributed by atoms with Crippen LogP contribution < -0.4 is 15.1 Å². The second-order valence-electron chi connectivity index (χ2n) is 7.67. The second kappa shape index (κ2) is 10.6. The van der Waals surface area contributed by atoms with E-state index < -0.39 is 0 Å². The molecule has 2 aromatic rings. The average Bonchev–Trinajstić information content (AvgIpc) is 2.72. The summed E-state index contributed by atoms with van der Waals surface area (Å²) in [7, 11) is 0. The Kier molecular flexibility index (Phi) is 8.08. The zero-order chi connectivity index (χ0) is 21.7. The minimum absolute atomic E-state index is 0.0251. The summed E-state index contributed by atoms with van der Waals surface area (Å²) in [6.07, 6.45) is 0. The van der Waals surface area contributed by atoms with Crippen molar-refractivity contribution in [3.05, 3.63) is 40.5 Å². The lowest BCUT2D eigenvalue weighted by molar-refractivity contribution is -0.119. The van der Waals surface area contributed by atoms with Crippen molar-refractivity contribution in [3.63, 3.8) is 0 Å². The van der Waals surface area contributed by atoms with Gasteiger partial charge in [0.1, 0.15) is 11.0 Å². The van der Waals surface area contributed by atoms with Gasteiger partial charge in [-0.2, -0.15) is 0 Å². The van der Waals surface area contributed by atoms with Crippen LogP contribution in [0.3, 0.4) is 0 Å². The minimum atomic E-state index is -0.0251. The molecule has 1 fully saturated rings. The fourth-order valence-corrected chi connectivity index (χ4v) is 4.07. The summed E-state index contributed by atoms with van der Waals surface area (Å²) in [5, 5.41) is 4.64. The Balaban J connectivity index is 1.57. The van der Waals surface area contributed by atoms with Crippen LogP contribution >= 0.6 is 35.0 Å². The number of aromatic nitrogens is 2. The zero-order valence-electron chi connectivity index (χ0n) is 17.4. The molecular formula is C21H27Cl2N5OS. The van der Waals surface area contributed by atoms with Crippen LogP contribution in [0.2, 0.25) is 10.2 Å². The Morgan fingerprint density at radius 2 is 1.70 bits per heavy atom. The van der Waals surface area contributed by atoms with Crippen molar-refractivity contribution in [1.82, 2.24) is 15.3 Å². The molecule has 1 aliphatic heterocycles. The van der Waals surface area contributed by atoms with Gasteiger partial charge in [-0.1, -0.05) is 48.8 Å². The van der Waals surface area contributed by atoms with E-state index >= 15 is 0 Å². The summed E-state index contributed by atoms with van der Waals surface area (Å²) >= 11 is 13.5. The number of halogens is 2. The first-order chi connectivity index (χ1) is 14.3. The summed E-state index contributed by atoms with van der Waals surface area (Å²) < 4.78 is 0. The van der Waals surface area contributed by atoms with Gasteiger partial charge in [0, 0.05) is 49.0 Å². The van der Waals surface area contributed by atoms with Crippen LogP contribution in [0.5, 0.6) is 0 Å². The summed E-state index contributed by atoms with van der Waals surface area (Å²) in [4.78, 5) is 25.6. The van der Waals surface area contributed by atoms with Gasteiger partial charge in [-0.25, -0.2) is 9.97 Å². The lowest BCUT2D eigenvalue weighted by Gasteiger charge is -2.36. The Labute approximate surface area is 192 Å². The molecule has 1 atom stereocenters. The molecule has 1 aliphatic rings. The van der Waals surface area contributed by atoms with Crippen molar-refractivity contribution in [2.75, 3.05) is 41.7 Å². The standard InChI is InChI=1S/C21H27Cl2N5OS/c1-14(2)15(3)24-20(29)13-30-21-25-18(23)12-19(26-21)28-10-8-27(9-11-28)17-6-4-16(22)5-7-17/h4-7,12,14-15H,8-11,13H2,1-3H3,(H,24,29). The van der Waals surface area contributed by atoms with E-state index in [0.29, 0.717) is 16.2 Å². The molecule has 1 N–H and O–H groups in total. The first kappa shape index (κ1) is 23.0. The maximum absolute atomic E-state index is 12.1. The molecule has 0 radical (unpaired) electrons. The highest BCUT2D eigenvalue weighted by atomic mass is 35.5. The molecule has 1 unspecified atom stereocenters. The van der Waals surface area contributed by atoms with Crippen molar-refractivity contribution in [2.45, 2.75) is 32.0 Å². The molecule has 0 saturated carbocycles. The third-order valence-corrected chi connectivity index (χ3v) is 6.47.